The summed E-state index contributed by atoms with van der Waals surface area (Å²) in [5.74, 6) is 1.61. The lowest BCUT2D eigenvalue weighted by Crippen LogP contribution is -2.31. The Morgan fingerprint density at radius 3 is 3.17 bits per heavy atom. The SMILES string of the molecule is CN1CCCC(c2ncc3cc(C=O)ccn23)C1. The lowest BCUT2D eigenvalue weighted by molar-refractivity contribution is 0.112. The molecule has 0 bridgehead atoms. The molecule has 2 aromatic rings. The van der Waals surface area contributed by atoms with E-state index in [9.17, 15) is 4.79 Å². The van der Waals surface area contributed by atoms with Crippen molar-refractivity contribution in [1.82, 2.24) is 14.3 Å². The Morgan fingerprint density at radius 1 is 1.50 bits per heavy atom. The molecule has 1 fully saturated rings. The number of aldehydes is 1. The molecule has 0 aliphatic carbocycles. The summed E-state index contributed by atoms with van der Waals surface area (Å²) in [5.41, 5.74) is 1.71. The molecule has 0 radical (unpaired) electrons. The van der Waals surface area contributed by atoms with Crippen LogP contribution in [-0.2, 0) is 0 Å². The molecule has 0 N–H and O–H groups in total. The van der Waals surface area contributed by atoms with E-state index in [4.69, 9.17) is 0 Å². The fourth-order valence-corrected chi connectivity index (χ4v) is 2.79. The number of likely N-dealkylation sites (N-methyl/N-ethyl adjacent to an activating group) is 1. The molecular formula is C14H17N3O. The summed E-state index contributed by atoms with van der Waals surface area (Å²) in [6.45, 7) is 2.24. The number of aromatic nitrogens is 2. The zero-order chi connectivity index (χ0) is 12.5. The van der Waals surface area contributed by atoms with Gasteiger partial charge in [0.05, 0.1) is 11.7 Å². The lowest BCUT2D eigenvalue weighted by atomic mass is 9.98. The maximum Gasteiger partial charge on any atom is 0.150 e. The van der Waals surface area contributed by atoms with Crippen molar-refractivity contribution in [2.24, 2.45) is 0 Å². The Morgan fingerprint density at radius 2 is 2.39 bits per heavy atom. The highest BCUT2D eigenvalue weighted by Gasteiger charge is 2.22. The summed E-state index contributed by atoms with van der Waals surface area (Å²) >= 11 is 0. The van der Waals surface area contributed by atoms with Crippen molar-refractivity contribution in [2.45, 2.75) is 18.8 Å². The molecule has 0 amide bonds. The first-order chi connectivity index (χ1) is 8.78. The molecule has 1 atom stereocenters. The fourth-order valence-electron chi connectivity index (χ4n) is 2.79. The van der Waals surface area contributed by atoms with Gasteiger partial charge in [-0.25, -0.2) is 4.98 Å². The molecule has 1 unspecified atom stereocenters. The molecule has 1 aliphatic heterocycles. The van der Waals surface area contributed by atoms with Crippen LogP contribution in [0.3, 0.4) is 0 Å². The zero-order valence-electron chi connectivity index (χ0n) is 10.5. The van der Waals surface area contributed by atoms with E-state index in [2.05, 4.69) is 21.3 Å². The lowest BCUT2D eigenvalue weighted by Gasteiger charge is -2.28. The average Bonchev–Trinajstić information content (AvgIpc) is 2.81. The fraction of sp³-hybridized carbons (Fsp3) is 0.429. The standard InChI is InChI=1S/C14H17N3O/c1-16-5-2-3-12(9-16)14-15-8-13-7-11(10-18)4-6-17(13)14/h4,6-8,10,12H,2-3,5,9H2,1H3. The zero-order valence-corrected chi connectivity index (χ0v) is 10.5. The molecule has 18 heavy (non-hydrogen) atoms. The molecule has 2 aromatic heterocycles. The molecule has 1 saturated heterocycles. The Labute approximate surface area is 106 Å². The van der Waals surface area contributed by atoms with E-state index in [1.807, 2.05) is 24.5 Å². The number of carbonyl (C=O) groups excluding carboxylic acids is 1. The number of nitrogens with zero attached hydrogens (tertiary/aromatic N) is 3. The quantitative estimate of drug-likeness (QED) is 0.757. The summed E-state index contributed by atoms with van der Waals surface area (Å²) < 4.78 is 2.11. The van der Waals surface area contributed by atoms with E-state index < -0.39 is 0 Å². The summed E-state index contributed by atoms with van der Waals surface area (Å²) in [4.78, 5) is 17.7. The molecule has 0 aromatic carbocycles. The number of piperidine rings is 1. The highest BCUT2D eigenvalue weighted by atomic mass is 16.1. The molecule has 1 aliphatic rings. The van der Waals surface area contributed by atoms with Crippen LogP contribution in [0.2, 0.25) is 0 Å². The Bertz CT molecular complexity index is 575. The van der Waals surface area contributed by atoms with Crippen molar-refractivity contribution in [3.8, 4) is 0 Å². The van der Waals surface area contributed by atoms with Gasteiger partial charge in [-0.05, 0) is 38.6 Å². The van der Waals surface area contributed by atoms with Gasteiger partial charge in [0.15, 0.2) is 0 Å². The third-order valence-electron chi connectivity index (χ3n) is 3.71. The number of hydrogen-bond acceptors (Lipinski definition) is 3. The summed E-state index contributed by atoms with van der Waals surface area (Å²) in [6, 6.07) is 3.73. The molecule has 4 heteroatoms. The largest absolute Gasteiger partial charge is 0.306 e. The van der Waals surface area contributed by atoms with Gasteiger partial charge in [0.1, 0.15) is 12.1 Å². The van der Waals surface area contributed by atoms with Gasteiger partial charge >= 0.3 is 0 Å². The second-order valence-corrected chi connectivity index (χ2v) is 5.09. The van der Waals surface area contributed by atoms with Crippen molar-refractivity contribution in [3.63, 3.8) is 0 Å². The summed E-state index contributed by atoms with van der Waals surface area (Å²) in [7, 11) is 2.16. The van der Waals surface area contributed by atoms with Gasteiger partial charge in [0, 0.05) is 24.2 Å². The van der Waals surface area contributed by atoms with Crippen LogP contribution in [0.25, 0.3) is 5.52 Å². The highest BCUT2D eigenvalue weighted by Crippen LogP contribution is 2.26. The van der Waals surface area contributed by atoms with Crippen molar-refractivity contribution < 1.29 is 4.79 Å². The maximum absolute atomic E-state index is 10.8. The monoisotopic (exact) mass is 243 g/mol. The van der Waals surface area contributed by atoms with Crippen molar-refractivity contribution >= 4 is 11.8 Å². The third kappa shape index (κ3) is 1.93. The van der Waals surface area contributed by atoms with Gasteiger partial charge < -0.3 is 9.30 Å². The van der Waals surface area contributed by atoms with Crippen LogP contribution in [0.4, 0.5) is 0 Å². The Kier molecular flexibility index (Phi) is 2.88. The van der Waals surface area contributed by atoms with E-state index in [-0.39, 0.29) is 0 Å². The smallest absolute Gasteiger partial charge is 0.150 e. The molecular weight excluding hydrogens is 226 g/mol. The number of pyridine rings is 1. The molecule has 0 spiro atoms. The van der Waals surface area contributed by atoms with Gasteiger partial charge in [-0.2, -0.15) is 0 Å². The van der Waals surface area contributed by atoms with E-state index in [1.54, 1.807) is 0 Å². The van der Waals surface area contributed by atoms with Crippen LogP contribution in [0, 0.1) is 0 Å². The van der Waals surface area contributed by atoms with E-state index >= 15 is 0 Å². The normalized spacial score (nSPS) is 21.3. The predicted octanol–water partition coefficient (Wildman–Crippen LogP) is 1.96. The third-order valence-corrected chi connectivity index (χ3v) is 3.71. The average molecular weight is 243 g/mol. The predicted molar refractivity (Wildman–Crippen MR) is 70.1 cm³/mol. The van der Waals surface area contributed by atoms with E-state index in [0.29, 0.717) is 11.5 Å². The summed E-state index contributed by atoms with van der Waals surface area (Å²) in [5, 5.41) is 0. The van der Waals surface area contributed by atoms with E-state index in [1.165, 1.54) is 19.4 Å². The van der Waals surface area contributed by atoms with Gasteiger partial charge in [0.2, 0.25) is 0 Å². The number of hydrogen-bond donors (Lipinski definition) is 0. The van der Waals surface area contributed by atoms with E-state index in [0.717, 1.165) is 24.2 Å². The second-order valence-electron chi connectivity index (χ2n) is 5.09. The first-order valence-electron chi connectivity index (χ1n) is 6.38. The number of rotatable bonds is 2. The van der Waals surface area contributed by atoms with Gasteiger partial charge in [0.25, 0.3) is 0 Å². The number of carbonyl (C=O) groups is 1. The Balaban J connectivity index is 1.99. The Hall–Kier alpha value is -1.68. The van der Waals surface area contributed by atoms with Gasteiger partial charge in [-0.3, -0.25) is 4.79 Å². The first kappa shape index (κ1) is 11.4. The first-order valence-corrected chi connectivity index (χ1v) is 6.38. The van der Waals surface area contributed by atoms with Crippen LogP contribution < -0.4 is 0 Å². The second kappa shape index (κ2) is 4.53. The van der Waals surface area contributed by atoms with Crippen molar-refractivity contribution in [3.05, 3.63) is 35.9 Å². The topological polar surface area (TPSA) is 37.6 Å². The molecule has 3 heterocycles. The number of fused-ring (bicyclic) bond motifs is 1. The maximum atomic E-state index is 10.8. The number of likely N-dealkylation sites (tertiary alicyclic amines) is 1. The van der Waals surface area contributed by atoms with Crippen LogP contribution in [0.15, 0.2) is 24.5 Å². The van der Waals surface area contributed by atoms with Gasteiger partial charge in [-0.15, -0.1) is 0 Å². The van der Waals surface area contributed by atoms with Crippen LogP contribution >= 0.6 is 0 Å². The van der Waals surface area contributed by atoms with Crippen LogP contribution in [-0.4, -0.2) is 40.7 Å². The minimum absolute atomic E-state index is 0.494. The molecule has 94 valence electrons. The van der Waals surface area contributed by atoms with Crippen molar-refractivity contribution in [2.75, 3.05) is 20.1 Å². The molecule has 4 nitrogen and oxygen atoms in total. The van der Waals surface area contributed by atoms with Crippen molar-refractivity contribution in [1.29, 1.82) is 0 Å². The minimum Gasteiger partial charge on any atom is -0.306 e. The summed E-state index contributed by atoms with van der Waals surface area (Å²) in [6.07, 6.45) is 7.11. The number of imidazole rings is 1. The molecule has 0 saturated carbocycles. The highest BCUT2D eigenvalue weighted by molar-refractivity contribution is 5.77. The molecule has 3 rings (SSSR count). The van der Waals surface area contributed by atoms with Gasteiger partial charge in [-0.1, -0.05) is 0 Å². The minimum atomic E-state index is 0.494. The van der Waals surface area contributed by atoms with Crippen LogP contribution in [0.1, 0.15) is 34.9 Å². The van der Waals surface area contributed by atoms with Crippen LogP contribution in [0.5, 0.6) is 0 Å².